The third kappa shape index (κ3) is 4.27. The largest absolute Gasteiger partial charge is 0.293 e. The molecule has 0 spiro atoms. The molecule has 0 amide bonds. The zero-order valence-corrected chi connectivity index (χ0v) is 16.3. The van der Waals surface area contributed by atoms with Crippen LogP contribution in [0.3, 0.4) is 0 Å². The average molecular weight is 475 g/mol. The molecule has 0 saturated heterocycles. The van der Waals surface area contributed by atoms with Crippen molar-refractivity contribution in [2.45, 2.75) is 23.0 Å². The van der Waals surface area contributed by atoms with Crippen molar-refractivity contribution in [3.8, 4) is 0 Å². The van der Waals surface area contributed by atoms with E-state index < -0.39 is 0 Å². The predicted octanol–water partition coefficient (Wildman–Crippen LogP) is 6.29. The molecule has 2 rings (SSSR count). The topological polar surface area (TPSA) is 17.1 Å². The summed E-state index contributed by atoms with van der Waals surface area (Å²) in [6.07, 6.45) is 0.791. The normalized spacial score (nSPS) is 13.7. The summed E-state index contributed by atoms with van der Waals surface area (Å²) in [7, 11) is 0. The molecule has 0 aliphatic rings. The summed E-state index contributed by atoms with van der Waals surface area (Å²) in [5.74, 6) is 0.137. The molecule has 2 unspecified atom stereocenters. The van der Waals surface area contributed by atoms with Crippen molar-refractivity contribution in [1.82, 2.24) is 0 Å². The molecule has 2 aromatic rings. The van der Waals surface area contributed by atoms with Gasteiger partial charge >= 0.3 is 0 Å². The molecule has 2 atom stereocenters. The predicted molar refractivity (Wildman–Crippen MR) is 98.7 cm³/mol. The molecule has 0 bridgehead atoms. The van der Waals surface area contributed by atoms with Gasteiger partial charge in [0.1, 0.15) is 0 Å². The van der Waals surface area contributed by atoms with E-state index in [4.69, 9.17) is 0 Å². The highest BCUT2D eigenvalue weighted by Gasteiger charge is 2.16. The van der Waals surface area contributed by atoms with E-state index in [1.54, 1.807) is 0 Å². The maximum atomic E-state index is 12.1. The van der Waals surface area contributed by atoms with Gasteiger partial charge in [-0.1, -0.05) is 91.1 Å². The van der Waals surface area contributed by atoms with Crippen LogP contribution in [0.2, 0.25) is 0 Å². The first-order chi connectivity index (χ1) is 10.0. The number of ketones is 1. The van der Waals surface area contributed by atoms with E-state index in [0.717, 1.165) is 22.0 Å². The Labute approximate surface area is 150 Å². The molecule has 0 N–H and O–H groups in total. The minimum absolute atomic E-state index is 0.104. The van der Waals surface area contributed by atoms with Crippen molar-refractivity contribution in [2.24, 2.45) is 0 Å². The van der Waals surface area contributed by atoms with Gasteiger partial charge in [-0.15, -0.1) is 0 Å². The molecular weight excluding hydrogens is 460 g/mol. The molecule has 0 radical (unpaired) electrons. The third-order valence-corrected chi connectivity index (χ3v) is 5.89. The van der Waals surface area contributed by atoms with Gasteiger partial charge in [0, 0.05) is 10.0 Å². The number of carbonyl (C=O) groups excluding carboxylic acids is 1. The summed E-state index contributed by atoms with van der Waals surface area (Å²) in [5, 5.41) is 0. The van der Waals surface area contributed by atoms with Crippen molar-refractivity contribution in [2.75, 3.05) is 0 Å². The zero-order chi connectivity index (χ0) is 15.4. The second-order valence-electron chi connectivity index (χ2n) is 4.78. The van der Waals surface area contributed by atoms with Gasteiger partial charge in [0.15, 0.2) is 5.78 Å². The lowest BCUT2D eigenvalue weighted by molar-refractivity contribution is 0.0990. The molecule has 2 aromatic carbocycles. The van der Waals surface area contributed by atoms with Crippen LogP contribution in [-0.2, 0) is 0 Å². The summed E-state index contributed by atoms with van der Waals surface area (Å²) >= 11 is 10.6. The van der Waals surface area contributed by atoms with Crippen LogP contribution in [0.5, 0.6) is 0 Å². The lowest BCUT2D eigenvalue weighted by Crippen LogP contribution is -2.12. The van der Waals surface area contributed by atoms with Crippen LogP contribution in [0, 0.1) is 0 Å². The third-order valence-electron chi connectivity index (χ3n) is 3.27. The number of halogens is 3. The maximum absolute atomic E-state index is 12.1. The lowest BCUT2D eigenvalue weighted by Gasteiger charge is -2.12. The molecule has 0 heterocycles. The zero-order valence-electron chi connectivity index (χ0n) is 11.5. The van der Waals surface area contributed by atoms with Crippen LogP contribution in [0.4, 0.5) is 0 Å². The van der Waals surface area contributed by atoms with Crippen LogP contribution in [0.15, 0.2) is 53.0 Å². The number of benzene rings is 2. The minimum Gasteiger partial charge on any atom is -0.293 e. The number of alkyl halides is 2. The highest BCUT2D eigenvalue weighted by Crippen LogP contribution is 2.32. The maximum Gasteiger partial charge on any atom is 0.176 e. The summed E-state index contributed by atoms with van der Waals surface area (Å²) in [6.45, 7) is 1.99. The Hall–Kier alpha value is -0.450. The van der Waals surface area contributed by atoms with Gasteiger partial charge in [-0.3, -0.25) is 4.79 Å². The molecule has 0 fully saturated rings. The van der Waals surface area contributed by atoms with Crippen molar-refractivity contribution in [3.05, 3.63) is 69.7 Å². The van der Waals surface area contributed by atoms with Gasteiger partial charge in [0.25, 0.3) is 0 Å². The van der Waals surface area contributed by atoms with Crippen LogP contribution in [-0.4, -0.2) is 10.6 Å². The number of Topliss-reactive ketones (excluding diaryl/α,β-unsaturated/α-hetero) is 1. The van der Waals surface area contributed by atoms with Gasteiger partial charge in [-0.05, 0) is 29.7 Å². The van der Waals surface area contributed by atoms with E-state index in [9.17, 15) is 4.79 Å². The van der Waals surface area contributed by atoms with E-state index in [-0.39, 0.29) is 15.4 Å². The van der Waals surface area contributed by atoms with Gasteiger partial charge in [0.05, 0.1) is 9.65 Å². The SMILES string of the molecule is CCC(Br)C(=O)c1ccc(C(Br)c2cccc(Br)c2)cc1. The number of carbonyl (C=O) groups is 1. The fourth-order valence-electron chi connectivity index (χ4n) is 2.04. The minimum atomic E-state index is -0.104. The molecule has 110 valence electrons. The van der Waals surface area contributed by atoms with Gasteiger partial charge in [-0.25, -0.2) is 0 Å². The summed E-state index contributed by atoms with van der Waals surface area (Å²) in [6, 6.07) is 16.0. The van der Waals surface area contributed by atoms with E-state index in [2.05, 4.69) is 59.9 Å². The highest BCUT2D eigenvalue weighted by atomic mass is 79.9. The molecule has 0 aliphatic carbocycles. The van der Waals surface area contributed by atoms with Crippen LogP contribution in [0.1, 0.15) is 39.7 Å². The first-order valence-electron chi connectivity index (χ1n) is 6.70. The summed E-state index contributed by atoms with van der Waals surface area (Å²) in [5.41, 5.74) is 3.05. The number of hydrogen-bond donors (Lipinski definition) is 0. The number of hydrogen-bond acceptors (Lipinski definition) is 1. The quantitative estimate of drug-likeness (QED) is 0.367. The van der Waals surface area contributed by atoms with Crippen molar-refractivity contribution >= 4 is 53.6 Å². The second kappa shape index (κ2) is 7.70. The summed E-state index contributed by atoms with van der Waals surface area (Å²) in [4.78, 5) is 12.1. The Morgan fingerprint density at radius 1 is 1.05 bits per heavy atom. The van der Waals surface area contributed by atoms with Gasteiger partial charge < -0.3 is 0 Å². The Morgan fingerprint density at radius 2 is 1.71 bits per heavy atom. The highest BCUT2D eigenvalue weighted by molar-refractivity contribution is 9.10. The fourth-order valence-corrected chi connectivity index (χ4v) is 3.31. The Balaban J connectivity index is 2.21. The van der Waals surface area contributed by atoms with Crippen LogP contribution in [0.25, 0.3) is 0 Å². The first kappa shape index (κ1) is 16.9. The standard InChI is InChI=1S/C17H15Br3O/c1-2-15(19)17(21)12-8-6-11(7-9-12)16(20)13-4-3-5-14(18)10-13/h3-10,15-16H,2H2,1H3. The van der Waals surface area contributed by atoms with Gasteiger partial charge in [-0.2, -0.15) is 0 Å². The molecule has 0 aromatic heterocycles. The number of rotatable bonds is 5. The average Bonchev–Trinajstić information content (AvgIpc) is 2.53. The molecule has 0 saturated carbocycles. The van der Waals surface area contributed by atoms with E-state index in [1.165, 1.54) is 5.56 Å². The van der Waals surface area contributed by atoms with Crippen molar-refractivity contribution < 1.29 is 4.79 Å². The summed E-state index contributed by atoms with van der Waals surface area (Å²) < 4.78 is 1.06. The van der Waals surface area contributed by atoms with Crippen molar-refractivity contribution in [1.29, 1.82) is 0 Å². The van der Waals surface area contributed by atoms with E-state index >= 15 is 0 Å². The molecule has 0 aliphatic heterocycles. The lowest BCUT2D eigenvalue weighted by atomic mass is 10.0. The van der Waals surface area contributed by atoms with Gasteiger partial charge in [0.2, 0.25) is 0 Å². The van der Waals surface area contributed by atoms with Crippen LogP contribution >= 0.6 is 47.8 Å². The van der Waals surface area contributed by atoms with E-state index in [0.29, 0.717) is 0 Å². The molecule has 1 nitrogen and oxygen atoms in total. The Morgan fingerprint density at radius 3 is 2.29 bits per heavy atom. The molecule has 21 heavy (non-hydrogen) atoms. The monoisotopic (exact) mass is 472 g/mol. The Bertz CT molecular complexity index is 622. The molecular formula is C17H15Br3O. The van der Waals surface area contributed by atoms with Crippen LogP contribution < -0.4 is 0 Å². The smallest absolute Gasteiger partial charge is 0.176 e. The van der Waals surface area contributed by atoms with Crippen molar-refractivity contribution in [3.63, 3.8) is 0 Å². The Kier molecular flexibility index (Phi) is 6.20. The van der Waals surface area contributed by atoms with E-state index in [1.807, 2.05) is 43.3 Å². The molecule has 4 heteroatoms. The fraction of sp³-hybridized carbons (Fsp3) is 0.235. The second-order valence-corrected chi connectivity index (χ2v) is 7.72. The first-order valence-corrected chi connectivity index (χ1v) is 9.33.